The van der Waals surface area contributed by atoms with E-state index >= 15 is 0 Å². The number of aryl methyl sites for hydroxylation is 1. The molecule has 0 bridgehead atoms. The Morgan fingerprint density at radius 3 is 2.80 bits per heavy atom. The van der Waals surface area contributed by atoms with Gasteiger partial charge in [-0.05, 0) is 43.5 Å². The number of nitrogens with one attached hydrogen (secondary N) is 1. The van der Waals surface area contributed by atoms with E-state index < -0.39 is 0 Å². The number of hydrogen-bond acceptors (Lipinski definition) is 5. The van der Waals surface area contributed by atoms with E-state index in [1.807, 2.05) is 19.1 Å². The Hall–Kier alpha value is -2.39. The lowest BCUT2D eigenvalue weighted by Crippen LogP contribution is -2.25. The van der Waals surface area contributed by atoms with Crippen molar-refractivity contribution < 1.29 is 4.79 Å². The van der Waals surface area contributed by atoms with Crippen LogP contribution in [0.25, 0.3) is 0 Å². The van der Waals surface area contributed by atoms with E-state index in [9.17, 15) is 10.1 Å². The minimum Gasteiger partial charge on any atom is -0.310 e. The standard InChI is InChI=1S/C19H22N4OS/c1-3-5-8-15-11-10-14(13-20)19(22-15)25-16(4-2)18(24)23-17-9-6-7-12-21-17/h6-7,9-12,16H,3-5,8H2,1-2H3,(H,21,23,24). The zero-order valence-corrected chi connectivity index (χ0v) is 15.3. The SMILES string of the molecule is CCCCc1ccc(C#N)c(SC(CC)C(=O)Nc2ccccn2)n1. The number of nitriles is 1. The summed E-state index contributed by atoms with van der Waals surface area (Å²) in [5.74, 6) is 0.396. The fraction of sp³-hybridized carbons (Fsp3) is 0.368. The van der Waals surface area contributed by atoms with E-state index in [-0.39, 0.29) is 11.2 Å². The van der Waals surface area contributed by atoms with Crippen LogP contribution < -0.4 is 5.32 Å². The van der Waals surface area contributed by atoms with Crippen molar-refractivity contribution in [2.75, 3.05) is 5.32 Å². The predicted molar refractivity (Wildman–Crippen MR) is 100 cm³/mol. The zero-order chi connectivity index (χ0) is 18.1. The fourth-order valence-corrected chi connectivity index (χ4v) is 3.26. The van der Waals surface area contributed by atoms with Crippen molar-refractivity contribution >= 4 is 23.5 Å². The molecule has 1 atom stereocenters. The van der Waals surface area contributed by atoms with Gasteiger partial charge in [-0.25, -0.2) is 9.97 Å². The Bertz CT molecular complexity index is 743. The maximum Gasteiger partial charge on any atom is 0.239 e. The van der Waals surface area contributed by atoms with Crippen LogP contribution >= 0.6 is 11.8 Å². The van der Waals surface area contributed by atoms with Gasteiger partial charge in [0.15, 0.2) is 0 Å². The van der Waals surface area contributed by atoms with Gasteiger partial charge >= 0.3 is 0 Å². The highest BCUT2D eigenvalue weighted by molar-refractivity contribution is 8.00. The second-order valence-electron chi connectivity index (χ2n) is 5.59. The summed E-state index contributed by atoms with van der Waals surface area (Å²) in [6.45, 7) is 4.08. The van der Waals surface area contributed by atoms with Gasteiger partial charge in [0.05, 0.1) is 10.8 Å². The van der Waals surface area contributed by atoms with E-state index in [1.54, 1.807) is 24.4 Å². The molecule has 2 aromatic heterocycles. The van der Waals surface area contributed by atoms with Crippen molar-refractivity contribution in [3.05, 3.63) is 47.8 Å². The molecule has 0 saturated heterocycles. The first kappa shape index (κ1) is 18.9. The molecule has 0 saturated carbocycles. The summed E-state index contributed by atoms with van der Waals surface area (Å²) in [6, 6.07) is 11.2. The molecular weight excluding hydrogens is 332 g/mol. The van der Waals surface area contributed by atoms with Crippen molar-refractivity contribution in [1.29, 1.82) is 5.26 Å². The second-order valence-corrected chi connectivity index (χ2v) is 6.78. The first-order chi connectivity index (χ1) is 12.2. The molecule has 2 rings (SSSR count). The molecule has 25 heavy (non-hydrogen) atoms. The molecular formula is C19H22N4OS. The number of pyridine rings is 2. The Morgan fingerprint density at radius 1 is 1.32 bits per heavy atom. The molecule has 0 aliphatic rings. The van der Waals surface area contributed by atoms with Crippen LogP contribution in [-0.2, 0) is 11.2 Å². The molecule has 2 heterocycles. The van der Waals surface area contributed by atoms with Crippen LogP contribution in [0.1, 0.15) is 44.4 Å². The molecule has 0 aromatic carbocycles. The lowest BCUT2D eigenvalue weighted by Gasteiger charge is -2.15. The van der Waals surface area contributed by atoms with Crippen LogP contribution in [0.5, 0.6) is 0 Å². The largest absolute Gasteiger partial charge is 0.310 e. The van der Waals surface area contributed by atoms with Gasteiger partial charge in [0.25, 0.3) is 0 Å². The van der Waals surface area contributed by atoms with Gasteiger partial charge in [-0.1, -0.05) is 38.1 Å². The molecule has 1 unspecified atom stereocenters. The van der Waals surface area contributed by atoms with E-state index in [2.05, 4.69) is 28.3 Å². The Kier molecular flexibility index (Phi) is 7.42. The average molecular weight is 354 g/mol. The smallest absolute Gasteiger partial charge is 0.239 e. The van der Waals surface area contributed by atoms with E-state index in [0.717, 1.165) is 25.0 Å². The summed E-state index contributed by atoms with van der Waals surface area (Å²) in [7, 11) is 0. The number of thioether (sulfide) groups is 1. The number of nitrogens with zero attached hydrogens (tertiary/aromatic N) is 3. The summed E-state index contributed by atoms with van der Waals surface area (Å²) in [5.41, 5.74) is 1.47. The molecule has 1 N–H and O–H groups in total. The first-order valence-electron chi connectivity index (χ1n) is 8.46. The minimum absolute atomic E-state index is 0.129. The van der Waals surface area contributed by atoms with Gasteiger partial charge in [0, 0.05) is 11.9 Å². The number of unbranched alkanes of at least 4 members (excludes halogenated alkanes) is 1. The van der Waals surface area contributed by atoms with Gasteiger partial charge in [-0.2, -0.15) is 5.26 Å². The van der Waals surface area contributed by atoms with Crippen molar-refractivity contribution in [3.8, 4) is 6.07 Å². The number of rotatable bonds is 8. The first-order valence-corrected chi connectivity index (χ1v) is 9.34. The summed E-state index contributed by atoms with van der Waals surface area (Å²) in [5, 5.41) is 12.4. The molecule has 0 spiro atoms. The number of carbonyl (C=O) groups is 1. The maximum absolute atomic E-state index is 12.5. The Morgan fingerprint density at radius 2 is 2.16 bits per heavy atom. The average Bonchev–Trinajstić information content (AvgIpc) is 2.65. The van der Waals surface area contributed by atoms with Crippen molar-refractivity contribution in [3.63, 3.8) is 0 Å². The summed E-state index contributed by atoms with van der Waals surface area (Å²) >= 11 is 1.34. The van der Waals surface area contributed by atoms with Crippen molar-refractivity contribution in [2.24, 2.45) is 0 Å². The molecule has 0 aliphatic heterocycles. The highest BCUT2D eigenvalue weighted by Crippen LogP contribution is 2.28. The topological polar surface area (TPSA) is 78.7 Å². The number of amides is 1. The van der Waals surface area contributed by atoms with Crippen molar-refractivity contribution in [2.45, 2.75) is 49.8 Å². The Labute approximate surface area is 152 Å². The third-order valence-electron chi connectivity index (χ3n) is 3.66. The van der Waals surface area contributed by atoms with E-state index in [4.69, 9.17) is 0 Å². The predicted octanol–water partition coefficient (Wildman–Crippen LogP) is 4.20. The fourth-order valence-electron chi connectivity index (χ4n) is 2.25. The monoisotopic (exact) mass is 354 g/mol. The normalized spacial score (nSPS) is 11.6. The molecule has 0 aliphatic carbocycles. The van der Waals surface area contributed by atoms with Crippen molar-refractivity contribution in [1.82, 2.24) is 9.97 Å². The van der Waals surface area contributed by atoms with E-state index in [0.29, 0.717) is 22.8 Å². The number of hydrogen-bond donors (Lipinski definition) is 1. The van der Waals surface area contributed by atoms with Gasteiger partial charge in [0.2, 0.25) is 5.91 Å². The third kappa shape index (κ3) is 5.57. The van der Waals surface area contributed by atoms with E-state index in [1.165, 1.54) is 11.8 Å². The lowest BCUT2D eigenvalue weighted by atomic mass is 10.2. The lowest BCUT2D eigenvalue weighted by molar-refractivity contribution is -0.115. The van der Waals surface area contributed by atoms with Gasteiger partial charge in [-0.15, -0.1) is 0 Å². The minimum atomic E-state index is -0.331. The highest BCUT2D eigenvalue weighted by atomic mass is 32.2. The summed E-state index contributed by atoms with van der Waals surface area (Å²) < 4.78 is 0. The van der Waals surface area contributed by atoms with Gasteiger partial charge in [-0.3, -0.25) is 4.79 Å². The molecule has 0 radical (unpaired) electrons. The molecule has 1 amide bonds. The summed E-state index contributed by atoms with van der Waals surface area (Å²) in [6.07, 6.45) is 5.30. The van der Waals surface area contributed by atoms with Gasteiger partial charge < -0.3 is 5.32 Å². The van der Waals surface area contributed by atoms with Crippen LogP contribution in [-0.4, -0.2) is 21.1 Å². The van der Waals surface area contributed by atoms with Crippen LogP contribution in [0.15, 0.2) is 41.6 Å². The Balaban J connectivity index is 2.14. The quantitative estimate of drug-likeness (QED) is 0.719. The van der Waals surface area contributed by atoms with Crippen LogP contribution in [0.3, 0.4) is 0 Å². The molecule has 6 heteroatoms. The molecule has 5 nitrogen and oxygen atoms in total. The zero-order valence-electron chi connectivity index (χ0n) is 14.5. The maximum atomic E-state index is 12.5. The van der Waals surface area contributed by atoms with Crippen LogP contribution in [0.2, 0.25) is 0 Å². The van der Waals surface area contributed by atoms with Crippen LogP contribution in [0, 0.1) is 11.3 Å². The summed E-state index contributed by atoms with van der Waals surface area (Å²) in [4.78, 5) is 21.2. The number of carbonyl (C=O) groups excluding carboxylic acids is 1. The molecule has 130 valence electrons. The number of anilines is 1. The van der Waals surface area contributed by atoms with Gasteiger partial charge in [0.1, 0.15) is 16.9 Å². The molecule has 2 aromatic rings. The third-order valence-corrected chi connectivity index (χ3v) is 5.02. The molecule has 0 fully saturated rings. The number of aromatic nitrogens is 2. The highest BCUT2D eigenvalue weighted by Gasteiger charge is 2.21. The second kappa shape index (κ2) is 9.80. The van der Waals surface area contributed by atoms with Crippen LogP contribution in [0.4, 0.5) is 5.82 Å².